The van der Waals surface area contributed by atoms with Crippen molar-refractivity contribution in [1.29, 1.82) is 0 Å². The van der Waals surface area contributed by atoms with Crippen LogP contribution in [0.4, 0.5) is 17.2 Å². The van der Waals surface area contributed by atoms with E-state index in [9.17, 15) is 0 Å². The highest BCUT2D eigenvalue weighted by Gasteiger charge is 2.13. The predicted molar refractivity (Wildman–Crippen MR) is 82.1 cm³/mol. The predicted octanol–water partition coefficient (Wildman–Crippen LogP) is 3.83. The molecule has 0 saturated carbocycles. The van der Waals surface area contributed by atoms with Crippen LogP contribution in [-0.4, -0.2) is 9.78 Å². The lowest BCUT2D eigenvalue weighted by Crippen LogP contribution is -2.01. The van der Waals surface area contributed by atoms with E-state index in [4.69, 9.17) is 5.73 Å². The molecule has 0 fully saturated rings. The normalized spacial score (nSPS) is 10.7. The van der Waals surface area contributed by atoms with Gasteiger partial charge >= 0.3 is 0 Å². The number of nitrogen functional groups attached to an aromatic ring is 1. The van der Waals surface area contributed by atoms with E-state index in [1.807, 2.05) is 32.2 Å². The molecular weight excluding hydrogens is 360 g/mol. The molecule has 6 heteroatoms. The molecule has 2 aromatic rings. The van der Waals surface area contributed by atoms with Crippen LogP contribution >= 0.6 is 31.9 Å². The van der Waals surface area contributed by atoms with Gasteiger partial charge in [-0.25, -0.2) is 0 Å². The maximum absolute atomic E-state index is 6.08. The molecule has 1 aromatic heterocycles. The van der Waals surface area contributed by atoms with Crippen LogP contribution in [0, 0.1) is 0 Å². The van der Waals surface area contributed by atoms with Crippen molar-refractivity contribution >= 4 is 49.1 Å². The molecule has 0 radical (unpaired) electrons. The minimum Gasteiger partial charge on any atom is -0.394 e. The average molecular weight is 374 g/mol. The number of nitrogens with two attached hydrogens (primary N) is 1. The van der Waals surface area contributed by atoms with Crippen LogP contribution in [0.15, 0.2) is 27.1 Å². The Kier molecular flexibility index (Phi) is 3.97. The maximum Gasteiger partial charge on any atom is 0.152 e. The molecule has 0 spiro atoms. The zero-order valence-corrected chi connectivity index (χ0v) is 13.3. The lowest BCUT2D eigenvalue weighted by Gasteiger charge is -2.10. The van der Waals surface area contributed by atoms with Crippen molar-refractivity contribution in [2.24, 2.45) is 7.05 Å². The SMILES string of the molecule is CCc1nn(C)c(Nc2cc(Br)ccc2Br)c1N. The maximum atomic E-state index is 6.08. The van der Waals surface area contributed by atoms with Crippen molar-refractivity contribution in [2.75, 3.05) is 11.1 Å². The van der Waals surface area contributed by atoms with Gasteiger partial charge in [0.2, 0.25) is 0 Å². The molecule has 0 bridgehead atoms. The summed E-state index contributed by atoms with van der Waals surface area (Å²) in [5.74, 6) is 0.811. The largest absolute Gasteiger partial charge is 0.394 e. The summed E-state index contributed by atoms with van der Waals surface area (Å²) >= 11 is 6.96. The molecule has 1 heterocycles. The number of aryl methyl sites for hydroxylation is 2. The molecule has 3 N–H and O–H groups in total. The van der Waals surface area contributed by atoms with Crippen LogP contribution in [0.5, 0.6) is 0 Å². The fourth-order valence-electron chi connectivity index (χ4n) is 1.73. The highest BCUT2D eigenvalue weighted by molar-refractivity contribution is 9.11. The highest BCUT2D eigenvalue weighted by Crippen LogP contribution is 2.32. The molecule has 0 unspecified atom stereocenters. The van der Waals surface area contributed by atoms with Crippen LogP contribution in [0.1, 0.15) is 12.6 Å². The van der Waals surface area contributed by atoms with Gasteiger partial charge in [-0.05, 0) is 40.5 Å². The first-order valence-electron chi connectivity index (χ1n) is 5.56. The van der Waals surface area contributed by atoms with Gasteiger partial charge in [0.15, 0.2) is 5.82 Å². The van der Waals surface area contributed by atoms with Crippen molar-refractivity contribution in [3.63, 3.8) is 0 Å². The van der Waals surface area contributed by atoms with Gasteiger partial charge in [-0.3, -0.25) is 4.68 Å². The molecule has 0 aliphatic rings. The second kappa shape index (κ2) is 5.32. The molecule has 1 aromatic carbocycles. The van der Waals surface area contributed by atoms with Crippen molar-refractivity contribution in [1.82, 2.24) is 9.78 Å². The molecule has 0 amide bonds. The Hall–Kier alpha value is -1.01. The van der Waals surface area contributed by atoms with Crippen molar-refractivity contribution in [3.8, 4) is 0 Å². The summed E-state index contributed by atoms with van der Waals surface area (Å²) in [7, 11) is 1.88. The van der Waals surface area contributed by atoms with Gasteiger partial charge in [0.1, 0.15) is 0 Å². The van der Waals surface area contributed by atoms with E-state index < -0.39 is 0 Å². The highest BCUT2D eigenvalue weighted by atomic mass is 79.9. The van der Waals surface area contributed by atoms with Gasteiger partial charge in [0, 0.05) is 16.0 Å². The summed E-state index contributed by atoms with van der Waals surface area (Å²) in [5.41, 5.74) is 8.63. The van der Waals surface area contributed by atoms with Gasteiger partial charge in [-0.2, -0.15) is 5.10 Å². The fraction of sp³-hybridized carbons (Fsp3) is 0.250. The molecule has 4 nitrogen and oxygen atoms in total. The lowest BCUT2D eigenvalue weighted by molar-refractivity contribution is 0.753. The summed E-state index contributed by atoms with van der Waals surface area (Å²) in [6.07, 6.45) is 0.820. The second-order valence-electron chi connectivity index (χ2n) is 3.94. The first-order valence-corrected chi connectivity index (χ1v) is 7.15. The van der Waals surface area contributed by atoms with Crippen LogP contribution in [-0.2, 0) is 13.5 Å². The third kappa shape index (κ3) is 2.54. The topological polar surface area (TPSA) is 55.9 Å². The fourth-order valence-corrected chi connectivity index (χ4v) is 2.43. The zero-order chi connectivity index (χ0) is 13.3. The Balaban J connectivity index is 2.39. The molecule has 0 aliphatic heterocycles. The minimum absolute atomic E-state index is 0.701. The van der Waals surface area contributed by atoms with Crippen LogP contribution < -0.4 is 11.1 Å². The van der Waals surface area contributed by atoms with Crippen molar-refractivity contribution < 1.29 is 0 Å². The van der Waals surface area contributed by atoms with Gasteiger partial charge < -0.3 is 11.1 Å². The van der Waals surface area contributed by atoms with Gasteiger partial charge in [0.25, 0.3) is 0 Å². The Bertz CT molecular complexity index is 578. The molecule has 96 valence electrons. The molecule has 0 atom stereocenters. The van der Waals surface area contributed by atoms with Crippen LogP contribution in [0.2, 0.25) is 0 Å². The number of hydrogen-bond acceptors (Lipinski definition) is 3. The van der Waals surface area contributed by atoms with E-state index >= 15 is 0 Å². The molecule has 0 aliphatic carbocycles. The number of benzene rings is 1. The summed E-state index contributed by atoms with van der Waals surface area (Å²) < 4.78 is 3.75. The second-order valence-corrected chi connectivity index (χ2v) is 5.71. The monoisotopic (exact) mass is 372 g/mol. The number of rotatable bonds is 3. The quantitative estimate of drug-likeness (QED) is 0.859. The Morgan fingerprint density at radius 1 is 1.39 bits per heavy atom. The van der Waals surface area contributed by atoms with Gasteiger partial charge in [0.05, 0.1) is 17.1 Å². The summed E-state index contributed by atoms with van der Waals surface area (Å²) in [6, 6.07) is 5.93. The Labute approximate surface area is 123 Å². The van der Waals surface area contributed by atoms with Gasteiger partial charge in [-0.1, -0.05) is 22.9 Å². The van der Waals surface area contributed by atoms with Crippen LogP contribution in [0.25, 0.3) is 0 Å². The van der Waals surface area contributed by atoms with E-state index in [2.05, 4.69) is 42.3 Å². The minimum atomic E-state index is 0.701. The number of nitrogens with one attached hydrogen (secondary N) is 1. The van der Waals surface area contributed by atoms with Crippen molar-refractivity contribution in [3.05, 3.63) is 32.8 Å². The van der Waals surface area contributed by atoms with E-state index in [-0.39, 0.29) is 0 Å². The first-order chi connectivity index (χ1) is 8.52. The van der Waals surface area contributed by atoms with E-state index in [1.165, 1.54) is 0 Å². The zero-order valence-electron chi connectivity index (χ0n) is 10.2. The molecule has 0 saturated heterocycles. The van der Waals surface area contributed by atoms with Crippen molar-refractivity contribution in [2.45, 2.75) is 13.3 Å². The number of nitrogens with zero attached hydrogens (tertiary/aromatic N) is 2. The standard InChI is InChI=1S/C12H14Br2N4/c1-3-9-11(15)12(18(2)17-9)16-10-6-7(13)4-5-8(10)14/h4-6,16H,3,15H2,1-2H3. The Morgan fingerprint density at radius 2 is 2.11 bits per heavy atom. The number of hydrogen-bond donors (Lipinski definition) is 2. The van der Waals surface area contributed by atoms with Crippen LogP contribution in [0.3, 0.4) is 0 Å². The summed E-state index contributed by atoms with van der Waals surface area (Å²) in [5, 5.41) is 7.68. The van der Waals surface area contributed by atoms with E-state index in [0.29, 0.717) is 5.69 Å². The van der Waals surface area contributed by atoms with E-state index in [0.717, 1.165) is 32.6 Å². The number of anilines is 3. The Morgan fingerprint density at radius 3 is 2.72 bits per heavy atom. The lowest BCUT2D eigenvalue weighted by atomic mass is 10.3. The molecule has 2 rings (SSSR count). The number of aromatic nitrogens is 2. The summed E-state index contributed by atoms with van der Waals surface area (Å²) in [6.45, 7) is 2.04. The molecule has 18 heavy (non-hydrogen) atoms. The van der Waals surface area contributed by atoms with E-state index in [1.54, 1.807) is 4.68 Å². The number of halogens is 2. The average Bonchev–Trinajstić information content (AvgIpc) is 2.61. The first kappa shape index (κ1) is 13.4. The molecular formula is C12H14Br2N4. The third-order valence-electron chi connectivity index (χ3n) is 2.68. The van der Waals surface area contributed by atoms with Gasteiger partial charge in [-0.15, -0.1) is 0 Å². The summed E-state index contributed by atoms with van der Waals surface area (Å²) in [4.78, 5) is 0. The smallest absolute Gasteiger partial charge is 0.152 e. The third-order valence-corrected chi connectivity index (χ3v) is 3.86.